The van der Waals surface area contributed by atoms with Crippen molar-refractivity contribution < 1.29 is 15.0 Å². The molecule has 0 aromatic carbocycles. The van der Waals surface area contributed by atoms with Crippen LogP contribution in [0, 0.1) is 0 Å². The summed E-state index contributed by atoms with van der Waals surface area (Å²) in [6.07, 6.45) is 0.340. The molecule has 0 aliphatic carbocycles. The lowest BCUT2D eigenvalue weighted by Crippen LogP contribution is -2.25. The van der Waals surface area contributed by atoms with E-state index in [0.717, 1.165) is 11.3 Å². The summed E-state index contributed by atoms with van der Waals surface area (Å²) in [5.74, 6) is -1.00. The first-order valence-corrected chi connectivity index (χ1v) is 5.58. The predicted molar refractivity (Wildman–Crippen MR) is 57.1 cm³/mol. The zero-order valence-corrected chi connectivity index (χ0v) is 9.25. The lowest BCUT2D eigenvalue weighted by Gasteiger charge is -2.07. The number of thiazole rings is 1. The normalized spacial score (nSPS) is 12.7. The van der Waals surface area contributed by atoms with Gasteiger partial charge in [0.15, 0.2) is 0 Å². The maximum Gasteiger partial charge on any atom is 0.365 e. The number of aromatic carboxylic acids is 1. The van der Waals surface area contributed by atoms with E-state index >= 15 is 0 Å². The van der Waals surface area contributed by atoms with Gasteiger partial charge in [0, 0.05) is 18.5 Å². The number of nitrogens with one attached hydrogen (secondary N) is 1. The molecule has 1 unspecified atom stereocenters. The van der Waals surface area contributed by atoms with E-state index < -0.39 is 5.97 Å². The Morgan fingerprint density at radius 2 is 2.47 bits per heavy atom. The molecular formula is C9H14N2O3S. The van der Waals surface area contributed by atoms with Gasteiger partial charge in [-0.2, -0.15) is 0 Å². The molecule has 1 aromatic rings. The molecule has 1 aromatic heterocycles. The quantitative estimate of drug-likeness (QED) is 0.670. The molecule has 0 radical (unpaired) electrons. The summed E-state index contributed by atoms with van der Waals surface area (Å²) < 4.78 is 0. The molecular weight excluding hydrogens is 216 g/mol. The third kappa shape index (κ3) is 3.94. The highest BCUT2D eigenvalue weighted by atomic mass is 32.1. The fourth-order valence-corrected chi connectivity index (χ4v) is 1.65. The highest BCUT2D eigenvalue weighted by Gasteiger charge is 2.08. The Morgan fingerprint density at radius 3 is 3.00 bits per heavy atom. The lowest BCUT2D eigenvalue weighted by atomic mass is 10.3. The van der Waals surface area contributed by atoms with Crippen LogP contribution in [0.1, 0.15) is 28.8 Å². The zero-order chi connectivity index (χ0) is 11.3. The van der Waals surface area contributed by atoms with Crippen LogP contribution in [0.25, 0.3) is 0 Å². The number of hydrogen-bond acceptors (Lipinski definition) is 5. The van der Waals surface area contributed by atoms with Crippen LogP contribution in [0.3, 0.4) is 0 Å². The molecule has 15 heavy (non-hydrogen) atoms. The Morgan fingerprint density at radius 1 is 1.73 bits per heavy atom. The molecule has 0 amide bonds. The van der Waals surface area contributed by atoms with E-state index in [-0.39, 0.29) is 11.1 Å². The molecule has 0 saturated carbocycles. The molecule has 1 heterocycles. The first-order valence-electron chi connectivity index (χ1n) is 4.70. The van der Waals surface area contributed by atoms with Crippen molar-refractivity contribution in [3.8, 4) is 0 Å². The van der Waals surface area contributed by atoms with Crippen LogP contribution in [0.15, 0.2) is 5.38 Å². The fraction of sp³-hybridized carbons (Fsp3) is 0.556. The Bertz CT molecular complexity index is 327. The second kappa shape index (κ2) is 5.79. The summed E-state index contributed by atoms with van der Waals surface area (Å²) in [5.41, 5.74) is 0.695. The predicted octanol–water partition coefficient (Wildman–Crippen LogP) is 0.702. The SMILES string of the molecule is CCC(O)CNCc1csc(C(=O)O)n1. The maximum atomic E-state index is 10.5. The van der Waals surface area contributed by atoms with Gasteiger partial charge < -0.3 is 15.5 Å². The molecule has 0 spiro atoms. The van der Waals surface area contributed by atoms with Gasteiger partial charge >= 0.3 is 5.97 Å². The van der Waals surface area contributed by atoms with Crippen LogP contribution in [-0.4, -0.2) is 33.8 Å². The summed E-state index contributed by atoms with van der Waals surface area (Å²) in [6.45, 7) is 2.88. The van der Waals surface area contributed by atoms with Crippen LogP contribution in [-0.2, 0) is 6.54 Å². The summed E-state index contributed by atoms with van der Waals surface area (Å²) >= 11 is 1.11. The van der Waals surface area contributed by atoms with Crippen LogP contribution >= 0.6 is 11.3 Å². The van der Waals surface area contributed by atoms with E-state index in [1.807, 2.05) is 6.92 Å². The smallest absolute Gasteiger partial charge is 0.365 e. The molecule has 1 atom stereocenters. The van der Waals surface area contributed by atoms with Crippen LogP contribution in [0.4, 0.5) is 0 Å². The van der Waals surface area contributed by atoms with Gasteiger partial charge in [-0.15, -0.1) is 11.3 Å². The van der Waals surface area contributed by atoms with Crippen molar-refractivity contribution in [3.63, 3.8) is 0 Å². The van der Waals surface area contributed by atoms with E-state index in [9.17, 15) is 9.90 Å². The second-order valence-electron chi connectivity index (χ2n) is 3.14. The summed E-state index contributed by atoms with van der Waals surface area (Å²) in [7, 11) is 0. The third-order valence-corrected chi connectivity index (χ3v) is 2.77. The van der Waals surface area contributed by atoms with Gasteiger partial charge in [0.1, 0.15) is 0 Å². The van der Waals surface area contributed by atoms with Gasteiger partial charge in [0.2, 0.25) is 5.01 Å². The summed E-state index contributed by atoms with van der Waals surface area (Å²) in [6, 6.07) is 0. The van der Waals surface area contributed by atoms with Gasteiger partial charge in [0.25, 0.3) is 0 Å². The Balaban J connectivity index is 2.35. The Labute approximate surface area is 91.8 Å². The number of carboxylic acid groups (broad SMARTS) is 1. The molecule has 1 rings (SSSR count). The summed E-state index contributed by atoms with van der Waals surface area (Å²) in [5, 5.41) is 22.7. The molecule has 0 aliphatic rings. The van der Waals surface area contributed by atoms with Crippen molar-refractivity contribution in [1.82, 2.24) is 10.3 Å². The van der Waals surface area contributed by atoms with Crippen LogP contribution in [0.5, 0.6) is 0 Å². The molecule has 0 aliphatic heterocycles. The average Bonchev–Trinajstić information content (AvgIpc) is 2.66. The van der Waals surface area contributed by atoms with Crippen LogP contribution < -0.4 is 5.32 Å². The number of aromatic nitrogens is 1. The molecule has 84 valence electrons. The van der Waals surface area contributed by atoms with E-state index in [2.05, 4.69) is 10.3 Å². The van der Waals surface area contributed by atoms with Gasteiger partial charge in [-0.1, -0.05) is 6.92 Å². The standard InChI is InChI=1S/C9H14N2O3S/c1-2-7(12)4-10-3-6-5-15-8(11-6)9(13)14/h5,7,10,12H,2-4H2,1H3,(H,13,14). The lowest BCUT2D eigenvalue weighted by molar-refractivity contribution is 0.0696. The van der Waals surface area contributed by atoms with Gasteiger partial charge in [-0.25, -0.2) is 9.78 Å². The van der Waals surface area contributed by atoms with Crippen molar-refractivity contribution in [1.29, 1.82) is 0 Å². The molecule has 0 bridgehead atoms. The molecule has 0 fully saturated rings. The number of carboxylic acids is 1. The van der Waals surface area contributed by atoms with E-state index in [1.54, 1.807) is 5.38 Å². The number of aliphatic hydroxyl groups excluding tert-OH is 1. The molecule has 5 nitrogen and oxygen atoms in total. The van der Waals surface area contributed by atoms with Crippen molar-refractivity contribution in [3.05, 3.63) is 16.1 Å². The van der Waals surface area contributed by atoms with Crippen molar-refractivity contribution in [2.45, 2.75) is 26.0 Å². The minimum Gasteiger partial charge on any atom is -0.476 e. The highest BCUT2D eigenvalue weighted by Crippen LogP contribution is 2.09. The third-order valence-electron chi connectivity index (χ3n) is 1.89. The highest BCUT2D eigenvalue weighted by molar-refractivity contribution is 7.11. The minimum absolute atomic E-state index is 0.0999. The topological polar surface area (TPSA) is 82.5 Å². The van der Waals surface area contributed by atoms with Gasteiger partial charge in [-0.05, 0) is 6.42 Å². The number of aliphatic hydroxyl groups is 1. The van der Waals surface area contributed by atoms with E-state index in [0.29, 0.717) is 25.2 Å². The van der Waals surface area contributed by atoms with E-state index in [1.165, 1.54) is 0 Å². The Kier molecular flexibility index (Phi) is 4.67. The molecule has 6 heteroatoms. The Hall–Kier alpha value is -0.980. The maximum absolute atomic E-state index is 10.5. The van der Waals surface area contributed by atoms with Crippen molar-refractivity contribution in [2.24, 2.45) is 0 Å². The van der Waals surface area contributed by atoms with Gasteiger partial charge in [0.05, 0.1) is 11.8 Å². The summed E-state index contributed by atoms with van der Waals surface area (Å²) in [4.78, 5) is 14.4. The first kappa shape index (κ1) is 12.1. The largest absolute Gasteiger partial charge is 0.476 e. The number of hydrogen-bond donors (Lipinski definition) is 3. The molecule has 0 saturated heterocycles. The number of nitrogens with zero attached hydrogens (tertiary/aromatic N) is 1. The second-order valence-corrected chi connectivity index (χ2v) is 4.00. The van der Waals surface area contributed by atoms with Crippen LogP contribution in [0.2, 0.25) is 0 Å². The zero-order valence-electron chi connectivity index (χ0n) is 8.43. The first-order chi connectivity index (χ1) is 7.13. The number of rotatable bonds is 6. The minimum atomic E-state index is -1.00. The van der Waals surface area contributed by atoms with Crippen molar-refractivity contribution >= 4 is 17.3 Å². The average molecular weight is 230 g/mol. The van der Waals surface area contributed by atoms with E-state index in [4.69, 9.17) is 5.11 Å². The number of carbonyl (C=O) groups is 1. The monoisotopic (exact) mass is 230 g/mol. The van der Waals surface area contributed by atoms with Crippen molar-refractivity contribution in [2.75, 3.05) is 6.54 Å². The van der Waals surface area contributed by atoms with Gasteiger partial charge in [-0.3, -0.25) is 0 Å². The molecule has 3 N–H and O–H groups in total. The fourth-order valence-electron chi connectivity index (χ4n) is 0.998.